The maximum atomic E-state index is 12.9. The molecular weight excluding hydrogens is 300 g/mol. The van der Waals surface area contributed by atoms with Crippen LogP contribution in [0.5, 0.6) is 0 Å². The Hall–Kier alpha value is -2.10. The highest BCUT2D eigenvalue weighted by atomic mass is 16.5. The first-order chi connectivity index (χ1) is 11.7. The van der Waals surface area contributed by atoms with Crippen LogP contribution in [0.25, 0.3) is 0 Å². The molecule has 1 fully saturated rings. The topological polar surface area (TPSA) is 46.3 Å². The van der Waals surface area contributed by atoms with Crippen molar-refractivity contribution in [3.8, 4) is 0 Å². The van der Waals surface area contributed by atoms with E-state index in [0.29, 0.717) is 12.5 Å². The molecule has 2 heterocycles. The molecule has 1 aliphatic rings. The Morgan fingerprint density at radius 1 is 1.25 bits per heavy atom. The van der Waals surface area contributed by atoms with Gasteiger partial charge < -0.3 is 9.42 Å². The van der Waals surface area contributed by atoms with Gasteiger partial charge in [-0.25, -0.2) is 0 Å². The summed E-state index contributed by atoms with van der Waals surface area (Å²) in [5.74, 6) is 1.07. The number of benzene rings is 1. The Kier molecular flexibility index (Phi) is 5.34. The lowest BCUT2D eigenvalue weighted by molar-refractivity contribution is -0.131. The Labute approximate surface area is 143 Å². The molecule has 0 radical (unpaired) electrons. The summed E-state index contributed by atoms with van der Waals surface area (Å²) in [6.07, 6.45) is 5.13. The maximum Gasteiger partial charge on any atom is 0.227 e. The van der Waals surface area contributed by atoms with Gasteiger partial charge in [-0.05, 0) is 31.2 Å². The number of nitrogens with zero attached hydrogens (tertiary/aromatic N) is 2. The second kappa shape index (κ2) is 7.65. The molecule has 4 heteroatoms. The Bertz CT molecular complexity index is 657. The zero-order valence-electron chi connectivity index (χ0n) is 14.6. The van der Waals surface area contributed by atoms with Gasteiger partial charge in [0.25, 0.3) is 0 Å². The van der Waals surface area contributed by atoms with Crippen molar-refractivity contribution in [2.75, 3.05) is 6.54 Å². The molecular formula is C20H26N2O2. The molecule has 1 aliphatic heterocycles. The molecule has 4 nitrogen and oxygen atoms in total. The lowest BCUT2D eigenvalue weighted by Crippen LogP contribution is -2.38. The molecule has 128 valence electrons. The van der Waals surface area contributed by atoms with E-state index in [2.05, 4.69) is 41.2 Å². The first-order valence-electron chi connectivity index (χ1n) is 9.02. The van der Waals surface area contributed by atoms with Crippen LogP contribution in [0, 0.1) is 0 Å². The highest BCUT2D eigenvalue weighted by Crippen LogP contribution is 2.24. The van der Waals surface area contributed by atoms with Crippen LogP contribution in [-0.4, -0.2) is 28.6 Å². The minimum absolute atomic E-state index is 0.209. The van der Waals surface area contributed by atoms with Gasteiger partial charge in [0.15, 0.2) is 0 Å². The van der Waals surface area contributed by atoms with Crippen molar-refractivity contribution in [2.45, 2.75) is 58.4 Å². The monoisotopic (exact) mass is 326 g/mol. The molecule has 1 unspecified atom stereocenters. The highest BCUT2D eigenvalue weighted by Gasteiger charge is 2.30. The van der Waals surface area contributed by atoms with Gasteiger partial charge in [0, 0.05) is 24.6 Å². The number of amides is 1. The van der Waals surface area contributed by atoms with Gasteiger partial charge in [0.1, 0.15) is 5.76 Å². The quantitative estimate of drug-likeness (QED) is 0.815. The molecule has 1 atom stereocenters. The molecule has 0 saturated carbocycles. The van der Waals surface area contributed by atoms with Gasteiger partial charge in [-0.3, -0.25) is 4.79 Å². The van der Waals surface area contributed by atoms with Crippen LogP contribution in [0.4, 0.5) is 0 Å². The van der Waals surface area contributed by atoms with Crippen LogP contribution >= 0.6 is 0 Å². The zero-order valence-corrected chi connectivity index (χ0v) is 14.6. The number of rotatable bonds is 6. The van der Waals surface area contributed by atoms with Crippen LogP contribution in [-0.2, 0) is 30.5 Å². The zero-order chi connectivity index (χ0) is 16.9. The van der Waals surface area contributed by atoms with Gasteiger partial charge in [-0.15, -0.1) is 0 Å². The highest BCUT2D eigenvalue weighted by molar-refractivity contribution is 5.80. The van der Waals surface area contributed by atoms with Crippen molar-refractivity contribution in [3.05, 3.63) is 52.9 Å². The lowest BCUT2D eigenvalue weighted by Gasteiger charge is -2.25. The second-order valence-corrected chi connectivity index (χ2v) is 6.49. The summed E-state index contributed by atoms with van der Waals surface area (Å²) in [6.45, 7) is 4.96. The van der Waals surface area contributed by atoms with Gasteiger partial charge in [0.05, 0.1) is 12.1 Å². The molecule has 1 aromatic heterocycles. The predicted molar refractivity (Wildman–Crippen MR) is 93.8 cm³/mol. The SMILES string of the molecule is CCc1noc(CC)c1CC(=O)N1CCCC1Cc1ccccc1. The predicted octanol–water partition coefficient (Wildman–Crippen LogP) is 3.58. The third-order valence-electron chi connectivity index (χ3n) is 4.95. The largest absolute Gasteiger partial charge is 0.361 e. The third-order valence-corrected chi connectivity index (χ3v) is 4.95. The van der Waals surface area contributed by atoms with Crippen molar-refractivity contribution in [1.29, 1.82) is 0 Å². The van der Waals surface area contributed by atoms with Crippen LogP contribution in [0.1, 0.15) is 49.3 Å². The number of carbonyl (C=O) groups excluding carboxylic acids is 1. The van der Waals surface area contributed by atoms with Crippen molar-refractivity contribution in [2.24, 2.45) is 0 Å². The first-order valence-corrected chi connectivity index (χ1v) is 9.02. The van der Waals surface area contributed by atoms with Crippen LogP contribution < -0.4 is 0 Å². The first kappa shape index (κ1) is 16.7. The number of hydrogen-bond donors (Lipinski definition) is 0. The third kappa shape index (κ3) is 3.53. The number of aromatic nitrogens is 1. The van der Waals surface area contributed by atoms with E-state index in [0.717, 1.165) is 55.7 Å². The number of hydrogen-bond acceptors (Lipinski definition) is 3. The van der Waals surface area contributed by atoms with E-state index in [-0.39, 0.29) is 5.91 Å². The van der Waals surface area contributed by atoms with Crippen LogP contribution in [0.15, 0.2) is 34.9 Å². The van der Waals surface area contributed by atoms with E-state index in [1.165, 1.54) is 5.56 Å². The van der Waals surface area contributed by atoms with Gasteiger partial charge in [0.2, 0.25) is 5.91 Å². The van der Waals surface area contributed by atoms with E-state index in [1.807, 2.05) is 13.0 Å². The van der Waals surface area contributed by atoms with E-state index in [4.69, 9.17) is 4.52 Å². The van der Waals surface area contributed by atoms with Gasteiger partial charge in [-0.1, -0.05) is 49.3 Å². The smallest absolute Gasteiger partial charge is 0.227 e. The fourth-order valence-corrected chi connectivity index (χ4v) is 3.65. The Morgan fingerprint density at radius 3 is 2.75 bits per heavy atom. The van der Waals surface area contributed by atoms with Crippen molar-refractivity contribution >= 4 is 5.91 Å². The summed E-state index contributed by atoms with van der Waals surface area (Å²) in [7, 11) is 0. The van der Waals surface area contributed by atoms with E-state index >= 15 is 0 Å². The Morgan fingerprint density at radius 2 is 2.04 bits per heavy atom. The molecule has 24 heavy (non-hydrogen) atoms. The normalized spacial score (nSPS) is 17.4. The summed E-state index contributed by atoms with van der Waals surface area (Å²) in [5, 5.41) is 4.13. The standard InChI is InChI=1S/C20H26N2O2/c1-3-18-17(19(4-2)24-21-18)14-20(23)22-12-8-11-16(22)13-15-9-6-5-7-10-15/h5-7,9-10,16H,3-4,8,11-14H2,1-2H3. The van der Waals surface area contributed by atoms with Gasteiger partial charge >= 0.3 is 0 Å². The number of carbonyl (C=O) groups is 1. The minimum Gasteiger partial charge on any atom is -0.361 e. The van der Waals surface area contributed by atoms with Crippen LogP contribution in [0.2, 0.25) is 0 Å². The van der Waals surface area contributed by atoms with Crippen molar-refractivity contribution in [1.82, 2.24) is 10.1 Å². The average molecular weight is 326 g/mol. The average Bonchev–Trinajstić information content (AvgIpc) is 3.22. The molecule has 0 N–H and O–H groups in total. The Balaban J connectivity index is 1.71. The molecule has 0 bridgehead atoms. The second-order valence-electron chi connectivity index (χ2n) is 6.49. The van der Waals surface area contributed by atoms with E-state index in [1.54, 1.807) is 0 Å². The fourth-order valence-electron chi connectivity index (χ4n) is 3.65. The summed E-state index contributed by atoms with van der Waals surface area (Å²) < 4.78 is 5.40. The number of aryl methyl sites for hydroxylation is 2. The van der Waals surface area contributed by atoms with E-state index < -0.39 is 0 Å². The molecule has 0 aliphatic carbocycles. The summed E-state index contributed by atoms with van der Waals surface area (Å²) in [6, 6.07) is 10.8. The fraction of sp³-hybridized carbons (Fsp3) is 0.500. The molecule has 1 saturated heterocycles. The molecule has 2 aromatic rings. The molecule has 1 aromatic carbocycles. The summed E-state index contributed by atoms with van der Waals surface area (Å²) >= 11 is 0. The van der Waals surface area contributed by atoms with E-state index in [9.17, 15) is 4.79 Å². The molecule has 3 rings (SSSR count). The summed E-state index contributed by atoms with van der Waals surface area (Å²) in [5.41, 5.74) is 3.24. The molecule has 0 spiro atoms. The van der Waals surface area contributed by atoms with Gasteiger partial charge in [-0.2, -0.15) is 0 Å². The van der Waals surface area contributed by atoms with Crippen molar-refractivity contribution < 1.29 is 9.32 Å². The van der Waals surface area contributed by atoms with Crippen molar-refractivity contribution in [3.63, 3.8) is 0 Å². The number of likely N-dealkylation sites (tertiary alicyclic amines) is 1. The van der Waals surface area contributed by atoms with Crippen LogP contribution in [0.3, 0.4) is 0 Å². The molecule has 1 amide bonds. The summed E-state index contributed by atoms with van der Waals surface area (Å²) in [4.78, 5) is 15.0. The maximum absolute atomic E-state index is 12.9. The lowest BCUT2D eigenvalue weighted by atomic mass is 10.0. The minimum atomic E-state index is 0.209.